The van der Waals surface area contributed by atoms with Crippen molar-refractivity contribution in [2.24, 2.45) is 0 Å². The van der Waals surface area contributed by atoms with Crippen LogP contribution in [0.5, 0.6) is 0 Å². The van der Waals surface area contributed by atoms with Crippen molar-refractivity contribution in [1.82, 2.24) is 0 Å². The van der Waals surface area contributed by atoms with E-state index in [0.717, 1.165) is 5.56 Å². The largest absolute Gasteiger partial charge is 0.456 e. The lowest BCUT2D eigenvalue weighted by molar-refractivity contribution is -0.00708. The van der Waals surface area contributed by atoms with Crippen molar-refractivity contribution in [3.8, 4) is 0 Å². The Morgan fingerprint density at radius 1 is 0.839 bits per heavy atom. The molecule has 158 valence electrons. The van der Waals surface area contributed by atoms with Crippen molar-refractivity contribution in [3.63, 3.8) is 0 Å². The van der Waals surface area contributed by atoms with Crippen LogP contribution in [0.15, 0.2) is 84.9 Å². The summed E-state index contributed by atoms with van der Waals surface area (Å²) >= 11 is 0. The molecular weight excluding hydrogens is 384 g/mol. The second-order valence-corrected chi connectivity index (χ2v) is 8.94. The van der Waals surface area contributed by atoms with Crippen molar-refractivity contribution in [1.29, 1.82) is 0 Å². The molecule has 0 heterocycles. The first-order valence-electron chi connectivity index (χ1n) is 10.9. The monoisotopic (exact) mass is 412 g/mol. The third kappa shape index (κ3) is 5.29. The molecule has 1 unspecified atom stereocenters. The highest BCUT2D eigenvalue weighted by Crippen LogP contribution is 2.41. The summed E-state index contributed by atoms with van der Waals surface area (Å²) in [7, 11) is 0. The fraction of sp³-hybridized carbons (Fsp3) is 0.286. The van der Waals surface area contributed by atoms with E-state index in [1.54, 1.807) is 12.1 Å². The number of ether oxygens (including phenoxy) is 1. The van der Waals surface area contributed by atoms with E-state index in [-0.39, 0.29) is 11.8 Å². The van der Waals surface area contributed by atoms with Crippen molar-refractivity contribution in [3.05, 3.63) is 107 Å². The van der Waals surface area contributed by atoms with Gasteiger partial charge in [-0.1, -0.05) is 72.8 Å². The third-order valence-corrected chi connectivity index (χ3v) is 5.84. The lowest BCUT2D eigenvalue weighted by Crippen LogP contribution is -2.32. The maximum Gasteiger partial charge on any atom is 0.338 e. The van der Waals surface area contributed by atoms with E-state index in [2.05, 4.69) is 24.3 Å². The summed E-state index contributed by atoms with van der Waals surface area (Å²) in [5, 5.41) is 0. The minimum atomic E-state index is -0.808. The summed E-state index contributed by atoms with van der Waals surface area (Å²) < 4.78 is 5.84. The van der Waals surface area contributed by atoms with E-state index in [9.17, 15) is 9.59 Å². The van der Waals surface area contributed by atoms with Crippen molar-refractivity contribution in [2.75, 3.05) is 0 Å². The van der Waals surface area contributed by atoms with E-state index in [4.69, 9.17) is 4.74 Å². The molecule has 0 saturated heterocycles. The molecule has 1 aliphatic carbocycles. The molecule has 0 radical (unpaired) electrons. The summed E-state index contributed by atoms with van der Waals surface area (Å²) in [5.41, 5.74) is 2.67. The zero-order valence-corrected chi connectivity index (χ0v) is 18.1. The molecule has 1 fully saturated rings. The van der Waals surface area contributed by atoms with Gasteiger partial charge >= 0.3 is 5.97 Å². The summed E-state index contributed by atoms with van der Waals surface area (Å²) in [6, 6.07) is 26.7. The van der Waals surface area contributed by atoms with Crippen LogP contribution in [0.1, 0.15) is 76.8 Å². The van der Waals surface area contributed by atoms with E-state index in [1.165, 1.54) is 18.4 Å². The molecule has 0 amide bonds. The minimum Gasteiger partial charge on any atom is -0.456 e. The van der Waals surface area contributed by atoms with Crippen molar-refractivity contribution < 1.29 is 14.3 Å². The second kappa shape index (κ2) is 8.89. The number of Topliss-reactive ketones (excluding diaryl/α,β-unsaturated/α-hetero) is 1. The van der Waals surface area contributed by atoms with Gasteiger partial charge in [0.1, 0.15) is 5.60 Å². The molecule has 31 heavy (non-hydrogen) atoms. The lowest BCUT2D eigenvalue weighted by atomic mass is 9.82. The van der Waals surface area contributed by atoms with Crippen LogP contribution < -0.4 is 0 Å². The van der Waals surface area contributed by atoms with E-state index in [0.29, 0.717) is 23.5 Å². The van der Waals surface area contributed by atoms with Gasteiger partial charge in [0, 0.05) is 12.0 Å². The van der Waals surface area contributed by atoms with Gasteiger partial charge in [-0.25, -0.2) is 4.79 Å². The van der Waals surface area contributed by atoms with Gasteiger partial charge in [-0.2, -0.15) is 0 Å². The Bertz CT molecular complexity index is 1030. The van der Waals surface area contributed by atoms with Gasteiger partial charge in [0.25, 0.3) is 0 Å². The molecule has 0 aliphatic heterocycles. The van der Waals surface area contributed by atoms with Gasteiger partial charge in [0.2, 0.25) is 0 Å². The quantitative estimate of drug-likeness (QED) is 0.311. The van der Waals surface area contributed by atoms with E-state index in [1.807, 2.05) is 62.4 Å². The molecule has 3 aromatic rings. The van der Waals surface area contributed by atoms with Crippen LogP contribution in [0, 0.1) is 0 Å². The smallest absolute Gasteiger partial charge is 0.338 e. The summed E-state index contributed by atoms with van der Waals surface area (Å²) in [6.07, 6.45) is 2.89. The predicted octanol–water partition coefficient (Wildman–Crippen LogP) is 6.56. The number of carbonyl (C=O) groups excluding carboxylic acids is 2. The van der Waals surface area contributed by atoms with Gasteiger partial charge in [-0.15, -0.1) is 0 Å². The standard InChI is InChI=1S/C28H28O3/c1-28(2,31-27(30)24-11-7-4-8-12-24)19-25(26(29)23-9-5-3-6-10-23)22-17-15-21(16-18-22)20-13-14-20/h3-12,15-18,20,25H,13-14,19H2,1-2H3. The highest BCUT2D eigenvalue weighted by atomic mass is 16.6. The summed E-state index contributed by atoms with van der Waals surface area (Å²) in [4.78, 5) is 26.1. The molecule has 3 aromatic carbocycles. The minimum absolute atomic E-state index is 0.0450. The highest BCUT2D eigenvalue weighted by Gasteiger charge is 2.33. The summed E-state index contributed by atoms with van der Waals surface area (Å²) in [6.45, 7) is 3.75. The average molecular weight is 413 g/mol. The predicted molar refractivity (Wildman–Crippen MR) is 122 cm³/mol. The van der Waals surface area contributed by atoms with Crippen LogP contribution >= 0.6 is 0 Å². The second-order valence-electron chi connectivity index (χ2n) is 8.94. The zero-order valence-electron chi connectivity index (χ0n) is 18.1. The average Bonchev–Trinajstić information content (AvgIpc) is 3.64. The molecule has 3 nitrogen and oxygen atoms in total. The van der Waals surface area contributed by atoms with Crippen molar-refractivity contribution >= 4 is 11.8 Å². The maximum atomic E-state index is 13.5. The van der Waals surface area contributed by atoms with Crippen LogP contribution in [0.2, 0.25) is 0 Å². The van der Waals surface area contributed by atoms with Crippen LogP contribution in [-0.2, 0) is 4.74 Å². The molecule has 0 N–H and O–H groups in total. The molecule has 1 aliphatic rings. The molecule has 3 heteroatoms. The van der Waals surface area contributed by atoms with Crippen LogP contribution in [0.3, 0.4) is 0 Å². The fourth-order valence-electron chi connectivity index (χ4n) is 4.00. The Labute approximate surface area is 184 Å². The Morgan fingerprint density at radius 3 is 1.94 bits per heavy atom. The van der Waals surface area contributed by atoms with Crippen LogP contribution in [0.25, 0.3) is 0 Å². The van der Waals surface area contributed by atoms with Gasteiger partial charge in [-0.05, 0) is 55.9 Å². The molecule has 0 aromatic heterocycles. The first-order chi connectivity index (χ1) is 14.9. The first kappa shape index (κ1) is 21.0. The number of hydrogen-bond acceptors (Lipinski definition) is 3. The molecule has 0 spiro atoms. The molecule has 0 bridgehead atoms. The number of rotatable bonds is 8. The molecule has 4 rings (SSSR count). The Kier molecular flexibility index (Phi) is 6.03. The summed E-state index contributed by atoms with van der Waals surface area (Å²) in [5.74, 6) is -0.0565. The Morgan fingerprint density at radius 2 is 1.39 bits per heavy atom. The first-order valence-corrected chi connectivity index (χ1v) is 10.9. The van der Waals surface area contributed by atoms with Gasteiger partial charge < -0.3 is 4.74 Å². The van der Waals surface area contributed by atoms with E-state index < -0.39 is 11.5 Å². The SMILES string of the molecule is CC(C)(CC(C(=O)c1ccccc1)c1ccc(C2CC2)cc1)OC(=O)c1ccccc1. The number of hydrogen-bond donors (Lipinski definition) is 0. The molecular formula is C28H28O3. The Hall–Kier alpha value is -3.20. The Balaban J connectivity index is 1.58. The van der Waals surface area contributed by atoms with E-state index >= 15 is 0 Å². The van der Waals surface area contributed by atoms with Crippen molar-refractivity contribution in [2.45, 2.75) is 50.5 Å². The number of benzene rings is 3. The third-order valence-electron chi connectivity index (χ3n) is 5.84. The fourth-order valence-corrected chi connectivity index (χ4v) is 4.00. The number of esters is 1. The van der Waals surface area contributed by atoms with Gasteiger partial charge in [0.05, 0.1) is 11.5 Å². The van der Waals surface area contributed by atoms with Crippen LogP contribution in [0.4, 0.5) is 0 Å². The lowest BCUT2D eigenvalue weighted by Gasteiger charge is -2.29. The molecule has 1 saturated carbocycles. The van der Waals surface area contributed by atoms with Gasteiger partial charge in [0.15, 0.2) is 5.78 Å². The topological polar surface area (TPSA) is 43.4 Å². The highest BCUT2D eigenvalue weighted by molar-refractivity contribution is 6.01. The molecule has 1 atom stereocenters. The number of ketones is 1. The normalized spacial score (nSPS) is 14.6. The van der Waals surface area contributed by atoms with Crippen LogP contribution in [-0.4, -0.2) is 17.4 Å². The van der Waals surface area contributed by atoms with Gasteiger partial charge in [-0.3, -0.25) is 4.79 Å². The maximum absolute atomic E-state index is 13.5. The zero-order chi connectivity index (χ0) is 21.8. The number of carbonyl (C=O) groups is 2.